The van der Waals surface area contributed by atoms with Crippen LogP contribution in [0, 0.1) is 0 Å². The van der Waals surface area contributed by atoms with Crippen molar-refractivity contribution in [3.63, 3.8) is 0 Å². The summed E-state index contributed by atoms with van der Waals surface area (Å²) in [5.41, 5.74) is 0. The first-order valence-electron chi connectivity index (χ1n) is 3.89. The molecule has 80 valence electrons. The summed E-state index contributed by atoms with van der Waals surface area (Å²) in [6.45, 7) is 0.954. The predicted molar refractivity (Wildman–Crippen MR) is 46.5 cm³/mol. The number of ketones is 1. The van der Waals surface area contributed by atoms with Gasteiger partial charge in [0.1, 0.15) is 6.61 Å². The van der Waals surface area contributed by atoms with E-state index in [2.05, 4.69) is 14.8 Å². The van der Waals surface area contributed by atoms with Gasteiger partial charge in [0.25, 0.3) is 0 Å². The van der Waals surface area contributed by atoms with Crippen molar-refractivity contribution in [1.82, 2.24) is 5.32 Å². The molecule has 0 aliphatic rings. The molecule has 0 radical (unpaired) electrons. The first-order chi connectivity index (χ1) is 6.52. The number of carbonyl (C=O) groups excluding carboxylic acids is 3. The number of carbonyl (C=O) groups is 3. The van der Waals surface area contributed by atoms with Gasteiger partial charge < -0.3 is 14.8 Å². The molecule has 0 aromatic rings. The normalized spacial score (nSPS) is 11.6. The molecule has 0 heterocycles. The van der Waals surface area contributed by atoms with Gasteiger partial charge in [-0.15, -0.1) is 0 Å². The molecule has 0 saturated heterocycles. The van der Waals surface area contributed by atoms with Crippen molar-refractivity contribution < 1.29 is 23.9 Å². The van der Waals surface area contributed by atoms with Crippen LogP contribution in [-0.2, 0) is 23.9 Å². The molecule has 1 atom stereocenters. The monoisotopic (exact) mass is 203 g/mol. The zero-order valence-corrected chi connectivity index (χ0v) is 8.33. The second-order valence-corrected chi connectivity index (χ2v) is 2.56. The van der Waals surface area contributed by atoms with Crippen LogP contribution in [0.2, 0.25) is 0 Å². The molecule has 0 rings (SSSR count). The molecule has 1 amide bonds. The van der Waals surface area contributed by atoms with Crippen LogP contribution in [0.15, 0.2) is 0 Å². The number of Topliss-reactive ketones (excluding diaryl/α,β-unsaturated/α-hetero) is 1. The molecule has 0 aliphatic carbocycles. The number of methoxy groups -OCH3 is 2. The van der Waals surface area contributed by atoms with E-state index in [1.807, 2.05) is 0 Å². The lowest BCUT2D eigenvalue weighted by Crippen LogP contribution is -2.47. The molecule has 0 bridgehead atoms. The molecule has 0 fully saturated rings. The van der Waals surface area contributed by atoms with Crippen molar-refractivity contribution in [2.24, 2.45) is 0 Å². The van der Waals surface area contributed by atoms with Gasteiger partial charge in [-0.25, -0.2) is 4.79 Å². The molecule has 1 unspecified atom stereocenters. The Morgan fingerprint density at radius 1 is 1.29 bits per heavy atom. The Balaban J connectivity index is 4.45. The molecular formula is C8H13NO5. The highest BCUT2D eigenvalue weighted by molar-refractivity contribution is 6.06. The Labute approximate surface area is 81.6 Å². The van der Waals surface area contributed by atoms with E-state index in [-0.39, 0.29) is 6.61 Å². The first-order valence-corrected chi connectivity index (χ1v) is 3.89. The average molecular weight is 203 g/mol. The van der Waals surface area contributed by atoms with E-state index < -0.39 is 23.7 Å². The van der Waals surface area contributed by atoms with Gasteiger partial charge in [-0.3, -0.25) is 9.59 Å². The second kappa shape index (κ2) is 6.09. The van der Waals surface area contributed by atoms with Crippen LogP contribution in [-0.4, -0.2) is 44.5 Å². The van der Waals surface area contributed by atoms with Crippen LogP contribution in [0.4, 0.5) is 0 Å². The molecule has 0 aromatic carbocycles. The fourth-order valence-corrected chi connectivity index (χ4v) is 0.818. The number of hydrogen-bond acceptors (Lipinski definition) is 5. The summed E-state index contributed by atoms with van der Waals surface area (Å²) in [6.07, 6.45) is 0. The van der Waals surface area contributed by atoms with Gasteiger partial charge in [-0.05, 0) is 0 Å². The largest absolute Gasteiger partial charge is 0.467 e. The Bertz CT molecular complexity index is 238. The van der Waals surface area contributed by atoms with Crippen LogP contribution in [0.3, 0.4) is 0 Å². The van der Waals surface area contributed by atoms with E-state index >= 15 is 0 Å². The number of esters is 1. The number of nitrogens with one attached hydrogen (secondary N) is 1. The first kappa shape index (κ1) is 12.6. The second-order valence-electron chi connectivity index (χ2n) is 2.56. The minimum absolute atomic E-state index is 0.250. The van der Waals surface area contributed by atoms with Crippen LogP contribution in [0.5, 0.6) is 0 Å². The van der Waals surface area contributed by atoms with E-state index in [0.29, 0.717) is 0 Å². The fourth-order valence-electron chi connectivity index (χ4n) is 0.818. The third-order valence-electron chi connectivity index (χ3n) is 1.39. The zero-order valence-electron chi connectivity index (χ0n) is 8.33. The summed E-state index contributed by atoms with van der Waals surface area (Å²) in [6, 6.07) is -1.28. The topological polar surface area (TPSA) is 81.7 Å². The standard InChI is InChI=1S/C8H13NO5/c1-5(10)9-7(8(12)14-3)6(11)4-13-2/h7H,4H2,1-3H3,(H,9,10). The van der Waals surface area contributed by atoms with Crippen LogP contribution >= 0.6 is 0 Å². The van der Waals surface area contributed by atoms with Crippen LogP contribution in [0.25, 0.3) is 0 Å². The SMILES string of the molecule is COCC(=O)C(NC(C)=O)C(=O)OC. The Hall–Kier alpha value is -1.43. The summed E-state index contributed by atoms with van der Waals surface area (Å²) in [4.78, 5) is 33.0. The molecule has 1 N–H and O–H groups in total. The summed E-state index contributed by atoms with van der Waals surface area (Å²) in [7, 11) is 2.46. The molecule has 0 spiro atoms. The van der Waals surface area contributed by atoms with Crippen molar-refractivity contribution in [1.29, 1.82) is 0 Å². The summed E-state index contributed by atoms with van der Waals surface area (Å²) < 4.78 is 8.90. The molecule has 6 heteroatoms. The highest BCUT2D eigenvalue weighted by Gasteiger charge is 2.27. The van der Waals surface area contributed by atoms with Crippen LogP contribution in [0.1, 0.15) is 6.92 Å². The minimum Gasteiger partial charge on any atom is -0.467 e. The van der Waals surface area contributed by atoms with Gasteiger partial charge >= 0.3 is 5.97 Å². The summed E-state index contributed by atoms with van der Waals surface area (Å²) >= 11 is 0. The van der Waals surface area contributed by atoms with Crippen molar-refractivity contribution >= 4 is 17.7 Å². The summed E-state index contributed by atoms with van der Waals surface area (Å²) in [5.74, 6) is -1.83. The number of hydrogen-bond donors (Lipinski definition) is 1. The Morgan fingerprint density at radius 2 is 1.86 bits per heavy atom. The molecule has 6 nitrogen and oxygen atoms in total. The fraction of sp³-hybridized carbons (Fsp3) is 0.625. The lowest BCUT2D eigenvalue weighted by molar-refractivity contribution is -0.149. The number of ether oxygens (including phenoxy) is 2. The Kier molecular flexibility index (Phi) is 5.47. The maximum absolute atomic E-state index is 11.2. The third-order valence-corrected chi connectivity index (χ3v) is 1.39. The van der Waals surface area contributed by atoms with E-state index in [1.165, 1.54) is 14.0 Å². The maximum atomic E-state index is 11.2. The van der Waals surface area contributed by atoms with Crippen molar-refractivity contribution in [3.8, 4) is 0 Å². The molecule has 14 heavy (non-hydrogen) atoms. The van der Waals surface area contributed by atoms with E-state index in [9.17, 15) is 14.4 Å². The van der Waals surface area contributed by atoms with Crippen molar-refractivity contribution in [2.75, 3.05) is 20.8 Å². The van der Waals surface area contributed by atoms with Gasteiger partial charge in [0, 0.05) is 14.0 Å². The van der Waals surface area contributed by atoms with Gasteiger partial charge in [0.2, 0.25) is 5.91 Å². The lowest BCUT2D eigenvalue weighted by atomic mass is 10.2. The Morgan fingerprint density at radius 3 is 2.21 bits per heavy atom. The van der Waals surface area contributed by atoms with Gasteiger partial charge in [0.05, 0.1) is 7.11 Å². The third kappa shape index (κ3) is 3.99. The smallest absolute Gasteiger partial charge is 0.336 e. The van der Waals surface area contributed by atoms with Gasteiger partial charge in [-0.1, -0.05) is 0 Å². The van der Waals surface area contributed by atoms with Gasteiger partial charge in [-0.2, -0.15) is 0 Å². The molecule has 0 saturated carbocycles. The molecule has 0 aliphatic heterocycles. The zero-order chi connectivity index (χ0) is 11.1. The number of amides is 1. The minimum atomic E-state index is -1.28. The quantitative estimate of drug-likeness (QED) is 0.452. The average Bonchev–Trinajstić information content (AvgIpc) is 2.13. The molecular weight excluding hydrogens is 190 g/mol. The highest BCUT2D eigenvalue weighted by Crippen LogP contribution is 1.91. The summed E-state index contributed by atoms with van der Waals surface area (Å²) in [5, 5.41) is 2.17. The van der Waals surface area contributed by atoms with E-state index in [0.717, 1.165) is 7.11 Å². The van der Waals surface area contributed by atoms with Crippen LogP contribution < -0.4 is 5.32 Å². The highest BCUT2D eigenvalue weighted by atomic mass is 16.5. The predicted octanol–water partition coefficient (Wildman–Crippen LogP) is -1.12. The van der Waals surface area contributed by atoms with E-state index in [4.69, 9.17) is 0 Å². The molecule has 0 aromatic heterocycles. The maximum Gasteiger partial charge on any atom is 0.336 e. The number of rotatable bonds is 5. The van der Waals surface area contributed by atoms with Crippen molar-refractivity contribution in [2.45, 2.75) is 13.0 Å². The lowest BCUT2D eigenvalue weighted by Gasteiger charge is -2.13. The van der Waals surface area contributed by atoms with Gasteiger partial charge in [0.15, 0.2) is 11.8 Å². The van der Waals surface area contributed by atoms with Crippen molar-refractivity contribution in [3.05, 3.63) is 0 Å². The van der Waals surface area contributed by atoms with E-state index in [1.54, 1.807) is 0 Å².